The maximum atomic E-state index is 12.9. The number of alkyl halides is 2. The zero-order valence-corrected chi connectivity index (χ0v) is 15.4. The number of rotatable bonds is 4. The molecule has 0 aliphatic rings. The third kappa shape index (κ3) is 3.21. The Morgan fingerprint density at radius 1 is 0.577 bits per heavy atom. The Morgan fingerprint density at radius 2 is 0.962 bits per heavy atom. The third-order valence-corrected chi connectivity index (χ3v) is 5.57. The molecular weight excluding hydrogens is 363 g/mol. The lowest BCUT2D eigenvalue weighted by molar-refractivity contribution is -0.118. The summed E-state index contributed by atoms with van der Waals surface area (Å²) < 4.78 is 0. The second-order valence-corrected chi connectivity index (χ2v) is 7.21. The van der Waals surface area contributed by atoms with E-state index in [1.807, 2.05) is 84.9 Å². The molecule has 0 spiro atoms. The average molecular weight is 379 g/mol. The predicted octanol–water partition coefficient (Wildman–Crippen LogP) is 6.82. The highest BCUT2D eigenvalue weighted by Crippen LogP contribution is 2.34. The van der Waals surface area contributed by atoms with E-state index in [0.717, 1.165) is 32.7 Å². The molecule has 1 nitrogen and oxygen atoms in total. The Morgan fingerprint density at radius 3 is 1.38 bits per heavy atom. The van der Waals surface area contributed by atoms with E-state index in [2.05, 4.69) is 0 Å². The van der Waals surface area contributed by atoms with E-state index in [4.69, 9.17) is 23.2 Å². The highest BCUT2D eigenvalue weighted by atomic mass is 35.5. The van der Waals surface area contributed by atoms with Crippen molar-refractivity contribution < 1.29 is 4.79 Å². The summed E-state index contributed by atoms with van der Waals surface area (Å²) in [5.74, 6) is -0.209. The van der Waals surface area contributed by atoms with Gasteiger partial charge in [0.15, 0.2) is 5.78 Å². The summed E-state index contributed by atoms with van der Waals surface area (Å²) in [6.45, 7) is 0. The quantitative estimate of drug-likeness (QED) is 0.356. The minimum absolute atomic E-state index is 0.209. The number of halogens is 2. The van der Waals surface area contributed by atoms with Crippen LogP contribution in [0.2, 0.25) is 0 Å². The number of benzene rings is 4. The molecule has 0 aliphatic heterocycles. The fraction of sp³-hybridized carbons (Fsp3) is 0.0870. The summed E-state index contributed by atoms with van der Waals surface area (Å²) in [6.07, 6.45) is 0. The highest BCUT2D eigenvalue weighted by Gasteiger charge is 2.26. The van der Waals surface area contributed by atoms with Gasteiger partial charge in [0.25, 0.3) is 0 Å². The first-order valence-electron chi connectivity index (χ1n) is 8.43. The van der Waals surface area contributed by atoms with Gasteiger partial charge in [-0.15, -0.1) is 23.2 Å². The lowest BCUT2D eigenvalue weighted by Crippen LogP contribution is -2.13. The largest absolute Gasteiger partial charge is 0.296 e. The maximum Gasteiger partial charge on any atom is 0.177 e. The smallest absolute Gasteiger partial charge is 0.177 e. The first kappa shape index (κ1) is 17.1. The molecule has 0 saturated heterocycles. The number of Topliss-reactive ketones (excluding diaryl/α,β-unsaturated/α-hetero) is 1. The minimum atomic E-state index is -0.784. The van der Waals surface area contributed by atoms with Crippen LogP contribution in [-0.2, 0) is 4.79 Å². The van der Waals surface area contributed by atoms with E-state index in [-0.39, 0.29) is 5.78 Å². The van der Waals surface area contributed by atoms with E-state index in [1.165, 1.54) is 0 Å². The molecule has 0 amide bonds. The Hall–Kier alpha value is -2.35. The van der Waals surface area contributed by atoms with Gasteiger partial charge in [0.1, 0.15) is 10.8 Å². The van der Waals surface area contributed by atoms with Gasteiger partial charge in [-0.2, -0.15) is 0 Å². The minimum Gasteiger partial charge on any atom is -0.296 e. The molecule has 0 fully saturated rings. The van der Waals surface area contributed by atoms with Crippen LogP contribution >= 0.6 is 23.2 Å². The van der Waals surface area contributed by atoms with Gasteiger partial charge in [0, 0.05) is 0 Å². The van der Waals surface area contributed by atoms with E-state index in [9.17, 15) is 4.79 Å². The van der Waals surface area contributed by atoms with Crippen LogP contribution in [0, 0.1) is 0 Å². The van der Waals surface area contributed by atoms with Crippen molar-refractivity contribution in [3.05, 3.63) is 96.1 Å². The van der Waals surface area contributed by atoms with Crippen molar-refractivity contribution in [2.75, 3.05) is 0 Å². The highest BCUT2D eigenvalue weighted by molar-refractivity contribution is 6.40. The fourth-order valence-corrected chi connectivity index (χ4v) is 3.78. The number of hydrogen-bond donors (Lipinski definition) is 0. The van der Waals surface area contributed by atoms with Gasteiger partial charge in [0.05, 0.1) is 0 Å². The van der Waals surface area contributed by atoms with Crippen molar-refractivity contribution in [1.82, 2.24) is 0 Å². The molecule has 4 aromatic rings. The molecular formula is C23H16Cl2O. The van der Waals surface area contributed by atoms with Crippen molar-refractivity contribution in [3.8, 4) is 0 Å². The number of fused-ring (bicyclic) bond motifs is 2. The summed E-state index contributed by atoms with van der Waals surface area (Å²) >= 11 is 13.0. The molecule has 0 radical (unpaired) electrons. The summed E-state index contributed by atoms with van der Waals surface area (Å²) in [6, 6.07) is 27.6. The van der Waals surface area contributed by atoms with Crippen molar-refractivity contribution >= 4 is 50.5 Å². The molecule has 0 heterocycles. The molecule has 0 aliphatic carbocycles. The Kier molecular flexibility index (Phi) is 4.67. The topological polar surface area (TPSA) is 17.1 Å². The summed E-state index contributed by atoms with van der Waals surface area (Å²) in [5.41, 5.74) is 1.53. The molecule has 2 atom stereocenters. The predicted molar refractivity (Wildman–Crippen MR) is 110 cm³/mol. The summed E-state index contributed by atoms with van der Waals surface area (Å²) in [5, 5.41) is 2.77. The Labute approximate surface area is 162 Å². The molecule has 4 rings (SSSR count). The van der Waals surface area contributed by atoms with Crippen molar-refractivity contribution in [2.24, 2.45) is 0 Å². The first-order valence-corrected chi connectivity index (χ1v) is 9.30. The van der Waals surface area contributed by atoms with Crippen LogP contribution in [0.5, 0.6) is 0 Å². The fourth-order valence-electron chi connectivity index (χ4n) is 3.19. The van der Waals surface area contributed by atoms with E-state index in [1.54, 1.807) is 0 Å². The van der Waals surface area contributed by atoms with Gasteiger partial charge >= 0.3 is 0 Å². The van der Waals surface area contributed by atoms with E-state index in [0.29, 0.717) is 0 Å². The van der Waals surface area contributed by atoms with Gasteiger partial charge in [0.2, 0.25) is 0 Å². The Bertz CT molecular complexity index is 1020. The first-order chi connectivity index (χ1) is 12.6. The maximum absolute atomic E-state index is 12.9. The molecule has 0 saturated carbocycles. The van der Waals surface area contributed by atoms with Gasteiger partial charge in [-0.25, -0.2) is 0 Å². The number of hydrogen-bond acceptors (Lipinski definition) is 1. The van der Waals surface area contributed by atoms with Crippen LogP contribution in [0.3, 0.4) is 0 Å². The van der Waals surface area contributed by atoms with Gasteiger partial charge in [-0.05, 0) is 44.8 Å². The zero-order chi connectivity index (χ0) is 18.1. The zero-order valence-electron chi connectivity index (χ0n) is 13.9. The standard InChI is InChI=1S/C23H16Cl2O/c24-21(19-11-9-15-5-1-3-7-17(15)13-19)23(26)22(25)20-12-10-16-6-2-4-8-18(16)14-20/h1-14,21-22H. The monoisotopic (exact) mass is 378 g/mol. The van der Waals surface area contributed by atoms with Crippen LogP contribution in [0.4, 0.5) is 0 Å². The second-order valence-electron chi connectivity index (χ2n) is 6.34. The molecule has 3 heteroatoms. The molecule has 128 valence electrons. The summed E-state index contributed by atoms with van der Waals surface area (Å²) in [4.78, 5) is 12.9. The number of carbonyl (C=O) groups is 1. The van der Waals surface area contributed by atoms with Crippen LogP contribution in [-0.4, -0.2) is 5.78 Å². The molecule has 0 N–H and O–H groups in total. The van der Waals surface area contributed by atoms with Crippen molar-refractivity contribution in [2.45, 2.75) is 10.8 Å². The van der Waals surface area contributed by atoms with Crippen molar-refractivity contribution in [1.29, 1.82) is 0 Å². The normalized spacial score (nSPS) is 13.6. The van der Waals surface area contributed by atoms with Crippen LogP contribution in [0.1, 0.15) is 21.9 Å². The van der Waals surface area contributed by atoms with Crippen molar-refractivity contribution in [3.63, 3.8) is 0 Å². The molecule has 2 unspecified atom stereocenters. The molecule has 26 heavy (non-hydrogen) atoms. The third-order valence-electron chi connectivity index (χ3n) is 4.63. The molecule has 0 bridgehead atoms. The van der Waals surface area contributed by atoms with Gasteiger partial charge < -0.3 is 0 Å². The Balaban J connectivity index is 1.63. The second kappa shape index (κ2) is 7.11. The van der Waals surface area contributed by atoms with E-state index >= 15 is 0 Å². The van der Waals surface area contributed by atoms with Crippen LogP contribution in [0.15, 0.2) is 84.9 Å². The lowest BCUT2D eigenvalue weighted by Gasteiger charge is -2.15. The van der Waals surface area contributed by atoms with Gasteiger partial charge in [-0.1, -0.05) is 72.8 Å². The molecule has 0 aromatic heterocycles. The lowest BCUT2D eigenvalue weighted by atomic mass is 9.98. The SMILES string of the molecule is O=C(C(Cl)c1ccc2ccccc2c1)C(Cl)c1ccc2ccccc2c1. The molecule has 4 aromatic carbocycles. The van der Waals surface area contributed by atoms with Crippen LogP contribution in [0.25, 0.3) is 21.5 Å². The summed E-state index contributed by atoms with van der Waals surface area (Å²) in [7, 11) is 0. The average Bonchev–Trinajstić information content (AvgIpc) is 2.71. The van der Waals surface area contributed by atoms with E-state index < -0.39 is 10.8 Å². The number of ketones is 1. The number of carbonyl (C=O) groups excluding carboxylic acids is 1. The van der Waals surface area contributed by atoms with Gasteiger partial charge in [-0.3, -0.25) is 4.79 Å². The van der Waals surface area contributed by atoms with Crippen LogP contribution < -0.4 is 0 Å².